The summed E-state index contributed by atoms with van der Waals surface area (Å²) >= 11 is 8.43. The van der Waals surface area contributed by atoms with E-state index in [1.54, 1.807) is 35.9 Å². The third kappa shape index (κ3) is 12.4. The largest absolute Gasteiger partial charge is 0.447 e. The maximum absolute atomic E-state index is 13.1. The van der Waals surface area contributed by atoms with Crippen LogP contribution in [0.2, 0.25) is 5.28 Å². The molecule has 0 aliphatic carbocycles. The van der Waals surface area contributed by atoms with Crippen molar-refractivity contribution in [1.29, 1.82) is 0 Å². The topological polar surface area (TPSA) is 184 Å². The Balaban J connectivity index is 0.000000193. The summed E-state index contributed by atoms with van der Waals surface area (Å²) < 4.78 is 91.3. The van der Waals surface area contributed by atoms with E-state index in [1.165, 1.54) is 58.9 Å². The molecule has 0 spiro atoms. The molecule has 4 aliphatic heterocycles. The van der Waals surface area contributed by atoms with Gasteiger partial charge in [-0.15, -0.1) is 23.5 Å². The predicted molar refractivity (Wildman–Crippen MR) is 273 cm³/mol. The number of amides is 2. The lowest BCUT2D eigenvalue weighted by Gasteiger charge is -2.24. The van der Waals surface area contributed by atoms with E-state index in [1.807, 2.05) is 50.7 Å². The van der Waals surface area contributed by atoms with Crippen molar-refractivity contribution < 1.29 is 45.4 Å². The van der Waals surface area contributed by atoms with Crippen LogP contribution in [0.5, 0.6) is 0 Å². The lowest BCUT2D eigenvalue weighted by molar-refractivity contribution is -0.138. The number of hydrogen-bond acceptors (Lipinski definition) is 14. The van der Waals surface area contributed by atoms with Crippen molar-refractivity contribution in [2.24, 2.45) is 17.6 Å². The fourth-order valence-electron chi connectivity index (χ4n) is 8.18. The van der Waals surface area contributed by atoms with Gasteiger partial charge < -0.3 is 29.7 Å². The fourth-order valence-corrected chi connectivity index (χ4v) is 10.5. The molecule has 0 unspecified atom stereocenters. The highest BCUT2D eigenvalue weighted by atomic mass is 35.5. The van der Waals surface area contributed by atoms with E-state index in [0.717, 1.165) is 40.6 Å². The maximum atomic E-state index is 13.1. The van der Waals surface area contributed by atoms with Crippen molar-refractivity contribution in [1.82, 2.24) is 39.0 Å². The summed E-state index contributed by atoms with van der Waals surface area (Å²) in [6, 6.07) is 10.2. The van der Waals surface area contributed by atoms with Crippen LogP contribution in [0.3, 0.4) is 0 Å². The number of imidazole rings is 2. The Morgan fingerprint density at radius 1 is 0.689 bits per heavy atom. The third-order valence-corrected chi connectivity index (χ3v) is 14.2. The number of thioether (sulfide) groups is 2. The molecule has 27 heteroatoms. The minimum Gasteiger partial charge on any atom is -0.447 e. The van der Waals surface area contributed by atoms with Crippen LogP contribution >= 0.6 is 35.1 Å². The molecule has 0 saturated carbocycles. The summed E-state index contributed by atoms with van der Waals surface area (Å²) in [6.45, 7) is 12.5. The van der Waals surface area contributed by atoms with E-state index >= 15 is 0 Å². The van der Waals surface area contributed by atoms with Crippen molar-refractivity contribution in [2.75, 3.05) is 28.3 Å². The van der Waals surface area contributed by atoms with E-state index in [2.05, 4.69) is 50.7 Å². The number of carbonyl (C=O) groups excluding carboxylic acids is 2. The van der Waals surface area contributed by atoms with Gasteiger partial charge in [-0.3, -0.25) is 9.80 Å². The zero-order valence-corrected chi connectivity index (χ0v) is 42.4. The van der Waals surface area contributed by atoms with Crippen LogP contribution in [0.25, 0.3) is 11.4 Å². The molecule has 4 atom stereocenters. The number of hydrogen-bond donors (Lipinski definition) is 2. The number of nitrogens with one attached hydrogen (secondary N) is 1. The lowest BCUT2D eigenvalue weighted by atomic mass is 9.81. The standard InChI is InChI=1S/C23H23F3N6O2S.C13H12F3N3S.C10H12ClN3O2.CH4.B2/c1-12(2)16-9-34-22(33)32(16)19-6-7-27-21(30-19)29-13(3)20-17-10-35-18-8-14(23(24,25)26)4-5-15(18)31(17)11-28-20;1-7(17)12-10-5-20-11-4-8(13(14,15)16)2-3-9(11)19(10)6-18-12;1-6(2)7-5-16-10(15)14(7)8-3-4-12-9(11)13-8;;1-2/h4-8,11-13,16H,9-10H2,1-3H3,(H,27,29,30);2-4,6-7H,5,17H2,1H3;3-4,6-7H,5H2,1-2H3;1H4;/t13-,16+;2*7-;;/m001../s1. The number of fused-ring (bicyclic) bond motifs is 6. The molecule has 4 aromatic heterocycles. The molecule has 74 heavy (non-hydrogen) atoms. The van der Waals surface area contributed by atoms with Crippen molar-refractivity contribution in [3.63, 3.8) is 0 Å². The molecule has 8 heterocycles. The number of nitrogens with two attached hydrogens (primary N) is 1. The maximum Gasteiger partial charge on any atom is 0.416 e. The normalized spacial score (nSPS) is 17.4. The zero-order chi connectivity index (χ0) is 53.1. The number of rotatable bonds is 8. The quantitative estimate of drug-likeness (QED) is 0.0833. The summed E-state index contributed by atoms with van der Waals surface area (Å²) in [5.41, 5.74) is 9.34. The van der Waals surface area contributed by atoms with Gasteiger partial charge >= 0.3 is 24.5 Å². The van der Waals surface area contributed by atoms with Crippen LogP contribution in [0.15, 0.2) is 83.4 Å². The van der Waals surface area contributed by atoms with Crippen molar-refractivity contribution in [3.8, 4) is 11.4 Å². The molecule has 10 rings (SSSR count). The first-order chi connectivity index (χ1) is 34.6. The van der Waals surface area contributed by atoms with Gasteiger partial charge in [0.25, 0.3) is 0 Å². The molecular weight excluding hydrogens is 1030 g/mol. The Morgan fingerprint density at radius 2 is 1.14 bits per heavy atom. The highest BCUT2D eigenvalue weighted by Crippen LogP contribution is 2.43. The van der Waals surface area contributed by atoms with Crippen molar-refractivity contribution in [2.45, 2.75) is 107 Å². The van der Waals surface area contributed by atoms with E-state index in [0.29, 0.717) is 63.7 Å². The zero-order valence-electron chi connectivity index (χ0n) is 40.0. The number of nitrogens with zero attached hydrogens (tertiary/aromatic N) is 10. The molecular formula is C47H51B2ClF6N12O4S2. The van der Waals surface area contributed by atoms with E-state index in [-0.39, 0.29) is 48.9 Å². The van der Waals surface area contributed by atoms with Gasteiger partial charge in [-0.25, -0.2) is 34.5 Å². The number of cyclic esters (lactones) is 2. The molecule has 6 aromatic rings. The predicted octanol–water partition coefficient (Wildman–Crippen LogP) is 10.9. The number of ether oxygens (including phenoxy) is 2. The Bertz CT molecular complexity index is 2950. The molecule has 16 nitrogen and oxygen atoms in total. The average molecular weight is 1080 g/mol. The molecule has 2 amide bonds. The second-order valence-electron chi connectivity index (χ2n) is 17.4. The van der Waals surface area contributed by atoms with Crippen LogP contribution in [0.4, 0.5) is 53.5 Å². The second-order valence-corrected chi connectivity index (χ2v) is 19.8. The molecule has 390 valence electrons. The molecule has 2 fully saturated rings. The Morgan fingerprint density at radius 3 is 1.58 bits per heavy atom. The SMILES string of the molecule is C.CC(C)[C@H]1COC(=O)N1c1ccnc(Cl)n1.CC(C)[C@H]1COC(=O)N1c1ccnc(N[C@@H](C)c2ncn3c2CSc2cc(C(F)(F)F)ccc2-3)n1.C[C@H](N)c1ncn2c1CSc1cc(C(F)(F)F)ccc1-2.[B][B]. The van der Waals surface area contributed by atoms with Crippen molar-refractivity contribution in [3.05, 3.63) is 113 Å². The van der Waals surface area contributed by atoms with Gasteiger partial charge in [-0.2, -0.15) is 31.3 Å². The molecule has 4 radical (unpaired) electrons. The summed E-state index contributed by atoms with van der Waals surface area (Å²) in [6.07, 6.45) is -3.17. The number of halogens is 7. The average Bonchev–Trinajstić information content (AvgIpc) is 4.17. The highest BCUT2D eigenvalue weighted by molar-refractivity contribution is 7.99. The summed E-state index contributed by atoms with van der Waals surface area (Å²) in [5.74, 6) is 2.81. The van der Waals surface area contributed by atoms with E-state index < -0.39 is 29.6 Å². The Kier molecular flexibility index (Phi) is 18.4. The molecule has 3 N–H and O–H groups in total. The van der Waals surface area contributed by atoms with Gasteiger partial charge in [-0.05, 0) is 85.8 Å². The first-order valence-electron chi connectivity index (χ1n) is 22.5. The first kappa shape index (κ1) is 57.3. The number of carbonyl (C=O) groups is 2. The minimum absolute atomic E-state index is 0. The first-order valence-corrected chi connectivity index (χ1v) is 24.9. The number of anilines is 3. The fraction of sp³-hybridized carbons (Fsp3) is 0.404. The van der Waals surface area contributed by atoms with Crippen LogP contribution < -0.4 is 20.9 Å². The van der Waals surface area contributed by atoms with Crippen molar-refractivity contribution >= 4 is 80.4 Å². The van der Waals surface area contributed by atoms with Gasteiger partial charge in [0.05, 0.1) is 76.1 Å². The number of aromatic nitrogens is 8. The van der Waals surface area contributed by atoms with Crippen LogP contribution in [0.1, 0.15) is 95.0 Å². The third-order valence-electron chi connectivity index (χ3n) is 11.9. The Hall–Kier alpha value is -5.98. The van der Waals surface area contributed by atoms with Crippen LogP contribution in [-0.4, -0.2) is 92.0 Å². The lowest BCUT2D eigenvalue weighted by Crippen LogP contribution is -2.37. The number of benzene rings is 2. The van der Waals surface area contributed by atoms with Gasteiger partial charge in [0.2, 0.25) is 11.2 Å². The van der Waals surface area contributed by atoms with Gasteiger partial charge in [0.15, 0.2) is 0 Å². The van der Waals surface area contributed by atoms with Gasteiger partial charge in [0, 0.05) is 55.2 Å². The van der Waals surface area contributed by atoms with E-state index in [4.69, 9.17) is 26.8 Å². The highest BCUT2D eigenvalue weighted by Gasteiger charge is 2.39. The van der Waals surface area contributed by atoms with Crippen LogP contribution in [0, 0.1) is 11.8 Å². The summed E-state index contributed by atoms with van der Waals surface area (Å²) in [7, 11) is 8.00. The molecule has 2 aromatic carbocycles. The van der Waals surface area contributed by atoms with Crippen LogP contribution in [-0.2, 0) is 33.3 Å². The monoisotopic (exact) mass is 1080 g/mol. The smallest absolute Gasteiger partial charge is 0.416 e. The second kappa shape index (κ2) is 23.7. The van der Waals surface area contributed by atoms with Gasteiger partial charge in [-0.1, -0.05) is 35.1 Å². The van der Waals surface area contributed by atoms with Gasteiger partial charge in [0.1, 0.15) is 24.8 Å². The van der Waals surface area contributed by atoms with E-state index in [9.17, 15) is 35.9 Å². The minimum atomic E-state index is -4.38. The summed E-state index contributed by atoms with van der Waals surface area (Å²) in [4.78, 5) is 53.6. The molecule has 4 aliphatic rings. The molecule has 2 saturated heterocycles. The number of alkyl halides is 6. The molecule has 0 bridgehead atoms. The summed E-state index contributed by atoms with van der Waals surface area (Å²) in [5, 5.41) is 3.36. The Labute approximate surface area is 439 Å².